The first kappa shape index (κ1) is 12.9. The summed E-state index contributed by atoms with van der Waals surface area (Å²) >= 11 is 0. The van der Waals surface area contributed by atoms with Gasteiger partial charge in [-0.05, 0) is 31.6 Å². The molecule has 2 atom stereocenters. The molecule has 2 aliphatic carbocycles. The third-order valence-electron chi connectivity index (χ3n) is 5.56. The Balaban J connectivity index is 1.71. The summed E-state index contributed by atoms with van der Waals surface area (Å²) in [6.45, 7) is 1.14. The molecule has 0 spiro atoms. The first-order chi connectivity index (χ1) is 9.13. The topological polar surface area (TPSA) is 57.6 Å². The van der Waals surface area contributed by atoms with Crippen LogP contribution in [-0.4, -0.2) is 35.0 Å². The van der Waals surface area contributed by atoms with E-state index in [9.17, 15) is 14.7 Å². The zero-order chi connectivity index (χ0) is 13.5. The molecule has 0 radical (unpaired) electrons. The van der Waals surface area contributed by atoms with Crippen LogP contribution in [0.2, 0.25) is 0 Å². The number of carboxylic acid groups (broad SMARTS) is 1. The van der Waals surface area contributed by atoms with Gasteiger partial charge >= 0.3 is 5.97 Å². The Hall–Kier alpha value is -1.06. The van der Waals surface area contributed by atoms with Gasteiger partial charge in [-0.1, -0.05) is 25.7 Å². The molecule has 0 unspecified atom stereocenters. The van der Waals surface area contributed by atoms with Crippen LogP contribution in [0, 0.1) is 17.3 Å². The van der Waals surface area contributed by atoms with Crippen molar-refractivity contribution in [1.82, 2.24) is 4.90 Å². The number of amides is 1. The van der Waals surface area contributed by atoms with Gasteiger partial charge in [0.2, 0.25) is 5.91 Å². The Morgan fingerprint density at radius 2 is 1.79 bits per heavy atom. The highest BCUT2D eigenvalue weighted by atomic mass is 16.4. The molecule has 3 rings (SSSR count). The average Bonchev–Trinajstić information content (AvgIpc) is 2.96. The van der Waals surface area contributed by atoms with E-state index in [1.807, 2.05) is 4.90 Å². The summed E-state index contributed by atoms with van der Waals surface area (Å²) in [7, 11) is 0. The fourth-order valence-corrected chi connectivity index (χ4v) is 4.41. The molecule has 0 aromatic rings. The van der Waals surface area contributed by atoms with Gasteiger partial charge in [0.1, 0.15) is 0 Å². The molecule has 4 heteroatoms. The summed E-state index contributed by atoms with van der Waals surface area (Å²) in [5.74, 6) is -0.0976. The summed E-state index contributed by atoms with van der Waals surface area (Å²) in [6.07, 6.45) is 8.27. The van der Waals surface area contributed by atoms with E-state index in [4.69, 9.17) is 0 Å². The van der Waals surface area contributed by atoms with Gasteiger partial charge in [-0.2, -0.15) is 0 Å². The maximum absolute atomic E-state index is 12.5. The number of likely N-dealkylation sites (tertiary alicyclic amines) is 1. The van der Waals surface area contributed by atoms with E-state index in [0.717, 1.165) is 44.9 Å². The van der Waals surface area contributed by atoms with Crippen LogP contribution in [0.1, 0.15) is 51.4 Å². The van der Waals surface area contributed by atoms with E-state index >= 15 is 0 Å². The molecule has 0 aromatic heterocycles. The number of fused-ring (bicyclic) bond motifs is 1. The summed E-state index contributed by atoms with van der Waals surface area (Å²) in [5.41, 5.74) is -0.621. The molecular formula is C15H23NO3. The molecule has 4 nitrogen and oxygen atoms in total. The number of rotatable bonds is 2. The van der Waals surface area contributed by atoms with E-state index in [2.05, 4.69) is 0 Å². The molecule has 3 fully saturated rings. The van der Waals surface area contributed by atoms with Gasteiger partial charge in [-0.25, -0.2) is 0 Å². The van der Waals surface area contributed by atoms with E-state index in [1.165, 1.54) is 6.42 Å². The Kier molecular flexibility index (Phi) is 3.27. The van der Waals surface area contributed by atoms with Crippen molar-refractivity contribution in [2.75, 3.05) is 13.1 Å². The van der Waals surface area contributed by atoms with Crippen molar-refractivity contribution in [3.05, 3.63) is 0 Å². The lowest BCUT2D eigenvalue weighted by molar-refractivity contribution is -0.149. The zero-order valence-electron chi connectivity index (χ0n) is 11.4. The maximum Gasteiger partial charge on any atom is 0.311 e. The lowest BCUT2D eigenvalue weighted by Gasteiger charge is -2.28. The molecule has 1 heterocycles. The Morgan fingerprint density at radius 1 is 1.05 bits per heavy atom. The molecule has 1 N–H and O–H groups in total. The number of carbonyl (C=O) groups excluding carboxylic acids is 1. The van der Waals surface area contributed by atoms with Crippen LogP contribution in [0.5, 0.6) is 0 Å². The van der Waals surface area contributed by atoms with Crippen LogP contribution >= 0.6 is 0 Å². The fourth-order valence-electron chi connectivity index (χ4n) is 4.41. The number of nitrogens with zero attached hydrogens (tertiary/aromatic N) is 1. The quantitative estimate of drug-likeness (QED) is 0.833. The predicted octanol–water partition coefficient (Wildman–Crippen LogP) is 2.28. The largest absolute Gasteiger partial charge is 0.481 e. The minimum atomic E-state index is -0.686. The maximum atomic E-state index is 12.5. The Bertz CT molecular complexity index is 389. The van der Waals surface area contributed by atoms with Crippen LogP contribution in [0.3, 0.4) is 0 Å². The van der Waals surface area contributed by atoms with Crippen LogP contribution in [0.25, 0.3) is 0 Å². The van der Waals surface area contributed by atoms with Crippen molar-refractivity contribution >= 4 is 11.9 Å². The molecular weight excluding hydrogens is 242 g/mol. The van der Waals surface area contributed by atoms with Crippen LogP contribution in [-0.2, 0) is 9.59 Å². The first-order valence-electron chi connectivity index (χ1n) is 7.66. The second-order valence-electron chi connectivity index (χ2n) is 6.60. The lowest BCUT2D eigenvalue weighted by atomic mass is 9.81. The molecule has 0 aromatic carbocycles. The highest BCUT2D eigenvalue weighted by Gasteiger charge is 2.56. The normalized spacial score (nSPS) is 35.4. The molecule has 0 bridgehead atoms. The van der Waals surface area contributed by atoms with E-state index < -0.39 is 11.4 Å². The summed E-state index contributed by atoms with van der Waals surface area (Å²) in [5, 5.41) is 9.55. The monoisotopic (exact) mass is 265 g/mol. The summed E-state index contributed by atoms with van der Waals surface area (Å²) < 4.78 is 0. The number of aliphatic carboxylic acids is 1. The summed E-state index contributed by atoms with van der Waals surface area (Å²) in [6, 6.07) is 0. The number of carboxylic acids is 1. The van der Waals surface area contributed by atoms with Crippen LogP contribution in [0.15, 0.2) is 0 Å². The number of hydrogen-bond acceptors (Lipinski definition) is 2. The van der Waals surface area contributed by atoms with Gasteiger partial charge in [-0.3, -0.25) is 9.59 Å². The molecule has 3 aliphatic rings. The van der Waals surface area contributed by atoms with E-state index in [-0.39, 0.29) is 17.7 Å². The van der Waals surface area contributed by atoms with E-state index in [1.54, 1.807) is 0 Å². The summed E-state index contributed by atoms with van der Waals surface area (Å²) in [4.78, 5) is 26.0. The lowest BCUT2D eigenvalue weighted by Crippen LogP contribution is -2.39. The average molecular weight is 265 g/mol. The molecule has 1 aliphatic heterocycles. The fraction of sp³-hybridized carbons (Fsp3) is 0.867. The van der Waals surface area contributed by atoms with Crippen molar-refractivity contribution in [2.24, 2.45) is 17.3 Å². The van der Waals surface area contributed by atoms with Gasteiger partial charge in [-0.15, -0.1) is 0 Å². The third-order valence-corrected chi connectivity index (χ3v) is 5.56. The van der Waals surface area contributed by atoms with Crippen molar-refractivity contribution < 1.29 is 14.7 Å². The van der Waals surface area contributed by atoms with Crippen molar-refractivity contribution in [2.45, 2.75) is 51.4 Å². The Labute approximate surface area is 114 Å². The second kappa shape index (κ2) is 4.80. The molecule has 2 saturated carbocycles. The second-order valence-corrected chi connectivity index (χ2v) is 6.60. The molecule has 19 heavy (non-hydrogen) atoms. The van der Waals surface area contributed by atoms with Crippen LogP contribution < -0.4 is 0 Å². The number of hydrogen-bond donors (Lipinski definition) is 1. The van der Waals surface area contributed by atoms with E-state index in [0.29, 0.717) is 13.1 Å². The first-order valence-corrected chi connectivity index (χ1v) is 7.66. The highest BCUT2D eigenvalue weighted by Crippen LogP contribution is 2.49. The van der Waals surface area contributed by atoms with Crippen LogP contribution in [0.4, 0.5) is 0 Å². The minimum absolute atomic E-state index is 0.165. The SMILES string of the molecule is O=C(C1CCCCC1)N1C[C@@H]2CCC[C@@]2(C(=O)O)C1. The minimum Gasteiger partial charge on any atom is -0.481 e. The molecule has 106 valence electrons. The third kappa shape index (κ3) is 2.05. The van der Waals surface area contributed by atoms with Crippen molar-refractivity contribution in [3.8, 4) is 0 Å². The predicted molar refractivity (Wildman–Crippen MR) is 70.6 cm³/mol. The standard InChI is InChI=1S/C15H23NO3/c17-13(11-5-2-1-3-6-11)16-9-12-7-4-8-15(12,10-16)14(18)19/h11-12H,1-10H2,(H,18,19)/t12-,15+/m0/s1. The number of carbonyl (C=O) groups is 2. The Morgan fingerprint density at radius 3 is 2.42 bits per heavy atom. The van der Waals surface area contributed by atoms with Gasteiger partial charge in [0, 0.05) is 19.0 Å². The zero-order valence-corrected chi connectivity index (χ0v) is 11.4. The van der Waals surface area contributed by atoms with Crippen molar-refractivity contribution in [3.63, 3.8) is 0 Å². The molecule has 1 saturated heterocycles. The molecule has 1 amide bonds. The van der Waals surface area contributed by atoms with Gasteiger partial charge in [0.15, 0.2) is 0 Å². The van der Waals surface area contributed by atoms with Gasteiger partial charge in [0.05, 0.1) is 5.41 Å². The van der Waals surface area contributed by atoms with Crippen molar-refractivity contribution in [1.29, 1.82) is 0 Å². The van der Waals surface area contributed by atoms with Gasteiger partial charge in [0.25, 0.3) is 0 Å². The highest BCUT2D eigenvalue weighted by molar-refractivity contribution is 5.82. The van der Waals surface area contributed by atoms with Gasteiger partial charge < -0.3 is 10.0 Å². The smallest absolute Gasteiger partial charge is 0.311 e.